The van der Waals surface area contributed by atoms with Crippen LogP contribution in [0, 0.1) is 6.92 Å². The summed E-state index contributed by atoms with van der Waals surface area (Å²) >= 11 is 1.46. The highest BCUT2D eigenvalue weighted by Crippen LogP contribution is 2.11. The van der Waals surface area contributed by atoms with Gasteiger partial charge in [0.05, 0.1) is 18.3 Å². The van der Waals surface area contributed by atoms with E-state index in [9.17, 15) is 4.79 Å². The number of aromatic nitrogens is 1. The van der Waals surface area contributed by atoms with E-state index < -0.39 is 0 Å². The van der Waals surface area contributed by atoms with Crippen LogP contribution in [0.1, 0.15) is 21.1 Å². The van der Waals surface area contributed by atoms with Crippen molar-refractivity contribution >= 4 is 17.2 Å². The maximum Gasteiger partial charge on any atom is 0.271 e. The van der Waals surface area contributed by atoms with Crippen LogP contribution < -0.4 is 5.32 Å². The second kappa shape index (κ2) is 4.27. The maximum atomic E-state index is 11.6. The lowest BCUT2D eigenvalue weighted by atomic mass is 10.3. The van der Waals surface area contributed by atoms with E-state index in [2.05, 4.69) is 10.3 Å². The molecule has 5 heteroatoms. The molecule has 0 aliphatic carbocycles. The van der Waals surface area contributed by atoms with Crippen molar-refractivity contribution in [3.63, 3.8) is 0 Å². The molecule has 1 amide bonds. The van der Waals surface area contributed by atoms with Crippen LogP contribution in [0.2, 0.25) is 0 Å². The SMILES string of the molecule is Cc1scnc1C(=O)NCc1ccco1. The van der Waals surface area contributed by atoms with Gasteiger partial charge in [0.25, 0.3) is 5.91 Å². The van der Waals surface area contributed by atoms with Gasteiger partial charge in [-0.3, -0.25) is 4.79 Å². The van der Waals surface area contributed by atoms with Crippen molar-refractivity contribution in [1.29, 1.82) is 0 Å². The van der Waals surface area contributed by atoms with Crippen LogP contribution in [0.15, 0.2) is 28.3 Å². The highest BCUT2D eigenvalue weighted by molar-refractivity contribution is 7.09. The zero-order valence-corrected chi connectivity index (χ0v) is 9.00. The molecule has 4 nitrogen and oxygen atoms in total. The average Bonchev–Trinajstić information content (AvgIpc) is 2.84. The lowest BCUT2D eigenvalue weighted by Crippen LogP contribution is -2.23. The van der Waals surface area contributed by atoms with E-state index in [-0.39, 0.29) is 5.91 Å². The van der Waals surface area contributed by atoms with Gasteiger partial charge in [-0.25, -0.2) is 4.98 Å². The van der Waals surface area contributed by atoms with Crippen molar-refractivity contribution in [3.05, 3.63) is 40.2 Å². The molecular weight excluding hydrogens is 212 g/mol. The number of nitrogens with one attached hydrogen (secondary N) is 1. The van der Waals surface area contributed by atoms with Crippen LogP contribution in [0.3, 0.4) is 0 Å². The van der Waals surface area contributed by atoms with Crippen molar-refractivity contribution in [2.45, 2.75) is 13.5 Å². The smallest absolute Gasteiger partial charge is 0.271 e. The Morgan fingerprint density at radius 3 is 3.13 bits per heavy atom. The molecule has 0 aliphatic rings. The van der Waals surface area contributed by atoms with Gasteiger partial charge in [-0.2, -0.15) is 0 Å². The fourth-order valence-electron chi connectivity index (χ4n) is 1.19. The second-order valence-corrected chi connectivity index (χ2v) is 4.08. The number of amides is 1. The highest BCUT2D eigenvalue weighted by Gasteiger charge is 2.11. The van der Waals surface area contributed by atoms with Crippen molar-refractivity contribution in [3.8, 4) is 0 Å². The average molecular weight is 222 g/mol. The van der Waals surface area contributed by atoms with Crippen LogP contribution in [-0.4, -0.2) is 10.9 Å². The van der Waals surface area contributed by atoms with Gasteiger partial charge in [-0.15, -0.1) is 11.3 Å². The number of hydrogen-bond acceptors (Lipinski definition) is 4. The number of furan rings is 1. The molecule has 0 saturated heterocycles. The van der Waals surface area contributed by atoms with E-state index in [1.54, 1.807) is 17.8 Å². The zero-order chi connectivity index (χ0) is 10.7. The van der Waals surface area contributed by atoms with E-state index in [0.717, 1.165) is 10.6 Å². The molecule has 0 aliphatic heterocycles. The summed E-state index contributed by atoms with van der Waals surface area (Å²) in [5.74, 6) is 0.571. The molecule has 2 aromatic rings. The van der Waals surface area contributed by atoms with Gasteiger partial charge in [0.15, 0.2) is 0 Å². The first-order chi connectivity index (χ1) is 7.27. The molecule has 15 heavy (non-hydrogen) atoms. The number of thiazole rings is 1. The highest BCUT2D eigenvalue weighted by atomic mass is 32.1. The van der Waals surface area contributed by atoms with Crippen molar-refractivity contribution in [2.75, 3.05) is 0 Å². The molecule has 0 bridgehead atoms. The third kappa shape index (κ3) is 2.24. The van der Waals surface area contributed by atoms with Crippen LogP contribution >= 0.6 is 11.3 Å². The lowest BCUT2D eigenvalue weighted by Gasteiger charge is -2.00. The number of carbonyl (C=O) groups excluding carboxylic acids is 1. The molecule has 0 radical (unpaired) electrons. The Bertz CT molecular complexity index is 448. The number of carbonyl (C=O) groups is 1. The summed E-state index contributed by atoms with van der Waals surface area (Å²) in [7, 11) is 0. The van der Waals surface area contributed by atoms with Crippen molar-refractivity contribution < 1.29 is 9.21 Å². The number of aryl methyl sites for hydroxylation is 1. The Labute approximate surface area is 90.9 Å². The first-order valence-corrected chi connectivity index (χ1v) is 5.36. The molecule has 0 unspecified atom stereocenters. The summed E-state index contributed by atoms with van der Waals surface area (Å²) in [5, 5.41) is 2.74. The van der Waals surface area contributed by atoms with Gasteiger partial charge in [0, 0.05) is 4.88 Å². The molecule has 0 saturated carbocycles. The first-order valence-electron chi connectivity index (χ1n) is 4.48. The molecule has 0 aromatic carbocycles. The molecular formula is C10H10N2O2S. The Balaban J connectivity index is 1.96. The second-order valence-electron chi connectivity index (χ2n) is 3.02. The first kappa shape index (κ1) is 9.92. The number of nitrogens with zero attached hydrogens (tertiary/aromatic N) is 1. The molecule has 2 heterocycles. The Morgan fingerprint density at radius 2 is 2.53 bits per heavy atom. The summed E-state index contributed by atoms with van der Waals surface area (Å²) < 4.78 is 5.10. The predicted molar refractivity (Wildman–Crippen MR) is 56.7 cm³/mol. The van der Waals surface area contributed by atoms with Gasteiger partial charge in [0.2, 0.25) is 0 Å². The van der Waals surface area contributed by atoms with Gasteiger partial charge >= 0.3 is 0 Å². The quantitative estimate of drug-likeness (QED) is 0.863. The summed E-state index contributed by atoms with van der Waals surface area (Å²) in [4.78, 5) is 16.5. The third-order valence-electron chi connectivity index (χ3n) is 1.96. The Morgan fingerprint density at radius 1 is 1.67 bits per heavy atom. The van der Waals surface area contributed by atoms with E-state index in [0.29, 0.717) is 12.2 Å². The predicted octanol–water partition coefficient (Wildman–Crippen LogP) is 1.97. The van der Waals surface area contributed by atoms with E-state index in [1.165, 1.54) is 11.3 Å². The van der Waals surface area contributed by atoms with Gasteiger partial charge in [-0.05, 0) is 19.1 Å². The van der Waals surface area contributed by atoms with E-state index in [1.807, 2.05) is 13.0 Å². The minimum absolute atomic E-state index is 0.162. The molecule has 0 fully saturated rings. The van der Waals surface area contributed by atoms with Crippen LogP contribution in [0.5, 0.6) is 0 Å². The van der Waals surface area contributed by atoms with Gasteiger partial charge in [0.1, 0.15) is 11.5 Å². The maximum absolute atomic E-state index is 11.6. The minimum Gasteiger partial charge on any atom is -0.467 e. The fourth-order valence-corrected chi connectivity index (χ4v) is 1.76. The van der Waals surface area contributed by atoms with Crippen molar-refractivity contribution in [1.82, 2.24) is 10.3 Å². The van der Waals surface area contributed by atoms with Gasteiger partial charge in [-0.1, -0.05) is 0 Å². The van der Waals surface area contributed by atoms with Crippen LogP contribution in [0.4, 0.5) is 0 Å². The Hall–Kier alpha value is -1.62. The third-order valence-corrected chi connectivity index (χ3v) is 2.72. The molecule has 0 spiro atoms. The van der Waals surface area contributed by atoms with Crippen LogP contribution in [-0.2, 0) is 6.54 Å². The molecule has 78 valence electrons. The van der Waals surface area contributed by atoms with Gasteiger partial charge < -0.3 is 9.73 Å². The van der Waals surface area contributed by atoms with Crippen molar-refractivity contribution in [2.24, 2.45) is 0 Å². The normalized spacial score (nSPS) is 10.2. The summed E-state index contributed by atoms with van der Waals surface area (Å²) in [5.41, 5.74) is 2.16. The molecule has 2 aromatic heterocycles. The minimum atomic E-state index is -0.162. The number of rotatable bonds is 3. The fraction of sp³-hybridized carbons (Fsp3) is 0.200. The van der Waals surface area contributed by atoms with E-state index in [4.69, 9.17) is 4.42 Å². The largest absolute Gasteiger partial charge is 0.467 e. The summed E-state index contributed by atoms with van der Waals surface area (Å²) in [6.07, 6.45) is 1.58. The lowest BCUT2D eigenvalue weighted by molar-refractivity contribution is 0.0943. The summed E-state index contributed by atoms with van der Waals surface area (Å²) in [6, 6.07) is 3.60. The molecule has 0 atom stereocenters. The van der Waals surface area contributed by atoms with Crippen LogP contribution in [0.25, 0.3) is 0 Å². The zero-order valence-electron chi connectivity index (χ0n) is 8.19. The molecule has 1 N–H and O–H groups in total. The topological polar surface area (TPSA) is 55.1 Å². The number of hydrogen-bond donors (Lipinski definition) is 1. The molecule has 2 rings (SSSR count). The standard InChI is InChI=1S/C10H10N2O2S/c1-7-9(12-6-15-7)10(13)11-5-8-3-2-4-14-8/h2-4,6H,5H2,1H3,(H,11,13). The monoisotopic (exact) mass is 222 g/mol. The Kier molecular flexibility index (Phi) is 2.82. The summed E-state index contributed by atoms with van der Waals surface area (Å²) in [6.45, 7) is 2.27. The van der Waals surface area contributed by atoms with E-state index >= 15 is 0 Å².